The van der Waals surface area contributed by atoms with Crippen LogP contribution in [0.25, 0.3) is 20.5 Å². The summed E-state index contributed by atoms with van der Waals surface area (Å²) in [6.45, 7) is 0. The summed E-state index contributed by atoms with van der Waals surface area (Å²) < 4.78 is 0.958. The molecule has 0 saturated carbocycles. The van der Waals surface area contributed by atoms with Gasteiger partial charge in [0.15, 0.2) is 0 Å². The number of nitrogens with one attached hydrogen (secondary N) is 1. The van der Waals surface area contributed by atoms with Gasteiger partial charge in [0.25, 0.3) is 5.91 Å². The van der Waals surface area contributed by atoms with Crippen molar-refractivity contribution in [1.29, 1.82) is 0 Å². The van der Waals surface area contributed by atoms with Gasteiger partial charge in [-0.2, -0.15) is 0 Å². The van der Waals surface area contributed by atoms with Crippen molar-refractivity contribution in [2.24, 2.45) is 0 Å². The minimum atomic E-state index is -0.270. The number of benzene rings is 2. The zero-order chi connectivity index (χ0) is 13.2. The Morgan fingerprint density at radius 3 is 2.58 bits per heavy atom. The zero-order valence-electron chi connectivity index (χ0n) is 9.89. The number of halogens is 1. The fraction of sp³-hybridized carbons (Fsp3) is 0. The number of thiophene rings is 1. The number of carbonyl (C=O) groups is 1. The number of hydrogen-bond acceptors (Lipinski definition) is 2. The molecule has 0 saturated heterocycles. The minimum absolute atomic E-state index is 0.270. The van der Waals surface area contributed by atoms with Gasteiger partial charge in [-0.05, 0) is 23.1 Å². The zero-order valence-corrected chi connectivity index (χ0v) is 11.5. The van der Waals surface area contributed by atoms with Crippen molar-refractivity contribution in [3.63, 3.8) is 0 Å². The molecule has 0 atom stereocenters. The molecule has 0 aliphatic heterocycles. The number of carbonyl (C=O) groups excluding carboxylic acids is 1. The quantitative estimate of drug-likeness (QED) is 0.693. The van der Waals surface area contributed by atoms with E-state index in [0.717, 1.165) is 20.5 Å². The van der Waals surface area contributed by atoms with E-state index in [1.54, 1.807) is 17.4 Å². The Balaban J connectivity index is 2.19. The average Bonchev–Trinajstić information content (AvgIpc) is 2.91. The van der Waals surface area contributed by atoms with E-state index in [2.05, 4.69) is 23.0 Å². The van der Waals surface area contributed by atoms with Gasteiger partial charge in [0.1, 0.15) is 0 Å². The van der Waals surface area contributed by atoms with Crippen molar-refractivity contribution in [1.82, 2.24) is 4.84 Å². The van der Waals surface area contributed by atoms with Crippen LogP contribution in [0.3, 0.4) is 0 Å². The molecule has 0 aliphatic carbocycles. The van der Waals surface area contributed by atoms with E-state index in [0.29, 0.717) is 5.56 Å². The molecule has 1 N–H and O–H groups in total. The fourth-order valence-electron chi connectivity index (χ4n) is 2.04. The van der Waals surface area contributed by atoms with Crippen molar-refractivity contribution in [2.75, 3.05) is 0 Å². The molecule has 0 radical (unpaired) electrons. The first-order valence-corrected chi connectivity index (χ1v) is 6.98. The molecule has 0 unspecified atom stereocenters. The number of fused-ring (bicyclic) bond motifs is 1. The summed E-state index contributed by atoms with van der Waals surface area (Å²) in [6.07, 6.45) is 0. The van der Waals surface area contributed by atoms with E-state index in [-0.39, 0.29) is 5.91 Å². The van der Waals surface area contributed by atoms with Crippen LogP contribution < -0.4 is 4.84 Å². The first-order chi connectivity index (χ1) is 9.29. The van der Waals surface area contributed by atoms with Crippen molar-refractivity contribution in [2.45, 2.75) is 0 Å². The molecule has 0 bridgehead atoms. The molecule has 94 valence electrons. The van der Waals surface area contributed by atoms with Gasteiger partial charge in [-0.25, -0.2) is 0 Å². The second-order valence-electron chi connectivity index (χ2n) is 4.12. The van der Waals surface area contributed by atoms with E-state index in [9.17, 15) is 4.79 Å². The van der Waals surface area contributed by atoms with E-state index >= 15 is 0 Å². The summed E-state index contributed by atoms with van der Waals surface area (Å²) in [6, 6.07) is 17.9. The molecule has 1 amide bonds. The molecule has 0 fully saturated rings. The summed E-state index contributed by atoms with van der Waals surface area (Å²) >= 11 is 7.02. The summed E-state index contributed by atoms with van der Waals surface area (Å²) in [5.74, 6) is -0.270. The summed E-state index contributed by atoms with van der Waals surface area (Å²) in [4.78, 5) is 15.0. The Bertz CT molecular complexity index is 736. The predicted molar refractivity (Wildman–Crippen MR) is 80.6 cm³/mol. The van der Waals surface area contributed by atoms with Crippen LogP contribution in [-0.2, 0) is 0 Å². The van der Waals surface area contributed by atoms with Crippen molar-refractivity contribution in [3.8, 4) is 10.4 Å². The van der Waals surface area contributed by atoms with Gasteiger partial charge in [0.05, 0.1) is 5.56 Å². The summed E-state index contributed by atoms with van der Waals surface area (Å²) in [7, 11) is 0. The lowest BCUT2D eigenvalue weighted by Crippen LogP contribution is -2.12. The highest BCUT2D eigenvalue weighted by Crippen LogP contribution is 2.35. The van der Waals surface area contributed by atoms with Crippen molar-refractivity contribution in [3.05, 3.63) is 60.2 Å². The second kappa shape index (κ2) is 5.03. The highest BCUT2D eigenvalue weighted by atomic mass is 35.5. The normalized spacial score (nSPS) is 10.6. The Morgan fingerprint density at radius 1 is 1.05 bits per heavy atom. The maximum Gasteiger partial charge on any atom is 0.267 e. The third-order valence-electron chi connectivity index (χ3n) is 2.93. The highest BCUT2D eigenvalue weighted by molar-refractivity contribution is 7.22. The Hall–Kier alpha value is -1.84. The van der Waals surface area contributed by atoms with Gasteiger partial charge in [-0.1, -0.05) is 42.5 Å². The average molecular weight is 288 g/mol. The van der Waals surface area contributed by atoms with Gasteiger partial charge < -0.3 is 0 Å². The van der Waals surface area contributed by atoms with Crippen molar-refractivity contribution < 1.29 is 4.79 Å². The van der Waals surface area contributed by atoms with E-state index < -0.39 is 0 Å². The molecule has 0 aliphatic rings. The topological polar surface area (TPSA) is 29.1 Å². The van der Waals surface area contributed by atoms with Crippen LogP contribution in [0.1, 0.15) is 10.4 Å². The SMILES string of the molecule is O=C(NCl)c1cccc2cc(-c3ccccc3)sc12. The maximum absolute atomic E-state index is 11.7. The lowest BCUT2D eigenvalue weighted by Gasteiger charge is -1.98. The third-order valence-corrected chi connectivity index (χ3v) is 4.34. The predicted octanol–water partition coefficient (Wildman–Crippen LogP) is 4.45. The van der Waals surface area contributed by atoms with Crippen LogP contribution >= 0.6 is 23.1 Å². The monoisotopic (exact) mass is 287 g/mol. The first kappa shape index (κ1) is 12.2. The molecule has 4 heteroatoms. The molecule has 19 heavy (non-hydrogen) atoms. The molecule has 2 aromatic carbocycles. The van der Waals surface area contributed by atoms with E-state index in [1.165, 1.54) is 0 Å². The third kappa shape index (κ3) is 2.23. The lowest BCUT2D eigenvalue weighted by atomic mass is 10.1. The van der Waals surface area contributed by atoms with Gasteiger partial charge in [-0.15, -0.1) is 11.3 Å². The van der Waals surface area contributed by atoms with Gasteiger partial charge in [0.2, 0.25) is 0 Å². The van der Waals surface area contributed by atoms with E-state index in [4.69, 9.17) is 11.8 Å². The van der Waals surface area contributed by atoms with Gasteiger partial charge >= 0.3 is 0 Å². The molecular weight excluding hydrogens is 278 g/mol. The molecule has 2 nitrogen and oxygen atoms in total. The van der Waals surface area contributed by atoms with Crippen LogP contribution in [0.2, 0.25) is 0 Å². The second-order valence-corrected chi connectivity index (χ2v) is 5.37. The van der Waals surface area contributed by atoms with Crippen LogP contribution in [0, 0.1) is 0 Å². The van der Waals surface area contributed by atoms with Gasteiger partial charge in [0, 0.05) is 21.4 Å². The number of hydrogen-bond donors (Lipinski definition) is 1. The van der Waals surface area contributed by atoms with Crippen LogP contribution in [0.4, 0.5) is 0 Å². The Morgan fingerprint density at radius 2 is 1.84 bits per heavy atom. The molecule has 3 aromatic rings. The van der Waals surface area contributed by atoms with Crippen molar-refractivity contribution >= 4 is 39.1 Å². The standard InChI is InChI=1S/C15H10ClNOS/c16-17-15(18)12-8-4-7-11-9-13(19-14(11)12)10-5-2-1-3-6-10/h1-9H,(H,17,18). The Kier molecular flexibility index (Phi) is 3.23. The summed E-state index contributed by atoms with van der Waals surface area (Å²) in [5.41, 5.74) is 1.76. The fourth-order valence-corrected chi connectivity index (χ4v) is 3.31. The largest absolute Gasteiger partial charge is 0.268 e. The number of rotatable bonds is 2. The first-order valence-electron chi connectivity index (χ1n) is 5.78. The summed E-state index contributed by atoms with van der Waals surface area (Å²) in [5, 5.41) is 1.06. The smallest absolute Gasteiger partial charge is 0.267 e. The van der Waals surface area contributed by atoms with Crippen LogP contribution in [0.15, 0.2) is 54.6 Å². The molecule has 1 aromatic heterocycles. The molecular formula is C15H10ClNOS. The van der Waals surface area contributed by atoms with Crippen LogP contribution in [0.5, 0.6) is 0 Å². The molecule has 3 rings (SSSR count). The van der Waals surface area contributed by atoms with Crippen LogP contribution in [-0.4, -0.2) is 5.91 Å². The van der Waals surface area contributed by atoms with Gasteiger partial charge in [-0.3, -0.25) is 9.63 Å². The number of amides is 1. The lowest BCUT2D eigenvalue weighted by molar-refractivity contribution is 0.0983. The molecule has 0 spiro atoms. The Labute approximate surface area is 119 Å². The van der Waals surface area contributed by atoms with E-state index in [1.807, 2.05) is 30.3 Å². The minimum Gasteiger partial charge on any atom is -0.268 e. The maximum atomic E-state index is 11.7. The molecule has 1 heterocycles. The highest BCUT2D eigenvalue weighted by Gasteiger charge is 2.12.